The van der Waals surface area contributed by atoms with Crippen LogP contribution in [-0.4, -0.2) is 52.9 Å². The number of anilines is 1. The van der Waals surface area contributed by atoms with Crippen LogP contribution < -0.4 is 16.2 Å². The molecule has 240 valence electrons. The van der Waals surface area contributed by atoms with Crippen LogP contribution in [0.15, 0.2) is 103 Å². The van der Waals surface area contributed by atoms with Gasteiger partial charge < -0.3 is 19.9 Å². The Hall–Kier alpha value is -6.30. The zero-order valence-electron chi connectivity index (χ0n) is 25.4. The van der Waals surface area contributed by atoms with E-state index >= 15 is 0 Å². The van der Waals surface area contributed by atoms with Crippen molar-refractivity contribution in [1.82, 2.24) is 10.9 Å². The SMILES string of the molecule is Cc1ccc(C(=O)O[C@@H](C(=O)O)[C@@H](OC(=O)c2ccc(C)cc2)C(=O)NNC(=O)c2ccc(NC(=O)Cc3ccccc3)cc2)cc1. The molecule has 0 saturated carbocycles. The van der Waals surface area contributed by atoms with Crippen molar-refractivity contribution in [2.45, 2.75) is 32.5 Å². The predicted molar refractivity (Wildman–Crippen MR) is 169 cm³/mol. The molecule has 4 rings (SSSR count). The molecule has 0 aliphatic heterocycles. The summed E-state index contributed by atoms with van der Waals surface area (Å²) in [5, 5.41) is 12.6. The van der Waals surface area contributed by atoms with Crippen molar-refractivity contribution in [2.24, 2.45) is 0 Å². The zero-order valence-corrected chi connectivity index (χ0v) is 25.4. The molecule has 2 atom stereocenters. The van der Waals surface area contributed by atoms with Gasteiger partial charge >= 0.3 is 17.9 Å². The maximum Gasteiger partial charge on any atom is 0.349 e. The number of benzene rings is 4. The molecule has 0 bridgehead atoms. The van der Waals surface area contributed by atoms with Crippen LogP contribution >= 0.6 is 0 Å². The quantitative estimate of drug-likeness (QED) is 0.141. The lowest BCUT2D eigenvalue weighted by molar-refractivity contribution is -0.159. The van der Waals surface area contributed by atoms with E-state index in [1.165, 1.54) is 48.5 Å². The molecule has 0 aromatic heterocycles. The number of rotatable bonds is 11. The molecule has 0 aliphatic carbocycles. The average molecular weight is 638 g/mol. The summed E-state index contributed by atoms with van der Waals surface area (Å²) in [7, 11) is 0. The first-order chi connectivity index (χ1) is 22.5. The molecule has 12 nitrogen and oxygen atoms in total. The first-order valence-corrected chi connectivity index (χ1v) is 14.3. The van der Waals surface area contributed by atoms with Gasteiger partial charge in [0.25, 0.3) is 11.8 Å². The van der Waals surface area contributed by atoms with Crippen molar-refractivity contribution in [3.8, 4) is 0 Å². The number of carbonyl (C=O) groups excluding carboxylic acids is 5. The number of hydrogen-bond donors (Lipinski definition) is 4. The minimum atomic E-state index is -2.28. The fraction of sp³-hybridized carbons (Fsp3) is 0.143. The summed E-state index contributed by atoms with van der Waals surface area (Å²) in [6.45, 7) is 3.57. The lowest BCUT2D eigenvalue weighted by Gasteiger charge is -2.23. The molecule has 0 saturated heterocycles. The summed E-state index contributed by atoms with van der Waals surface area (Å²) in [5.41, 5.74) is 7.15. The second-order valence-electron chi connectivity index (χ2n) is 10.5. The van der Waals surface area contributed by atoms with E-state index in [0.29, 0.717) is 5.69 Å². The second-order valence-corrected chi connectivity index (χ2v) is 10.5. The maximum absolute atomic E-state index is 13.2. The minimum absolute atomic E-state index is 0.00104. The van der Waals surface area contributed by atoms with Gasteiger partial charge in [0.15, 0.2) is 0 Å². The molecular weight excluding hydrogens is 606 g/mol. The number of hydrogen-bond acceptors (Lipinski definition) is 8. The summed E-state index contributed by atoms with van der Waals surface area (Å²) in [4.78, 5) is 76.3. The van der Waals surface area contributed by atoms with Crippen LogP contribution in [0.4, 0.5) is 5.69 Å². The van der Waals surface area contributed by atoms with Gasteiger partial charge in [-0.1, -0.05) is 65.7 Å². The molecule has 3 amide bonds. The van der Waals surface area contributed by atoms with Gasteiger partial charge in [-0.15, -0.1) is 0 Å². The topological polar surface area (TPSA) is 177 Å². The maximum atomic E-state index is 13.2. The van der Waals surface area contributed by atoms with Gasteiger partial charge in [0, 0.05) is 11.3 Å². The molecule has 4 aromatic carbocycles. The highest BCUT2D eigenvalue weighted by atomic mass is 16.6. The second kappa shape index (κ2) is 15.6. The summed E-state index contributed by atoms with van der Waals surface area (Å²) in [5.74, 6) is -6.29. The third-order valence-electron chi connectivity index (χ3n) is 6.76. The van der Waals surface area contributed by atoms with Crippen molar-refractivity contribution in [2.75, 3.05) is 5.32 Å². The monoisotopic (exact) mass is 637 g/mol. The number of esters is 2. The Labute approximate surface area is 269 Å². The zero-order chi connectivity index (χ0) is 33.9. The van der Waals surface area contributed by atoms with E-state index in [0.717, 1.165) is 16.7 Å². The average Bonchev–Trinajstić information content (AvgIpc) is 3.06. The number of aliphatic carboxylic acids is 1. The van der Waals surface area contributed by atoms with Crippen molar-refractivity contribution in [3.05, 3.63) is 137 Å². The van der Waals surface area contributed by atoms with Gasteiger partial charge in [0.05, 0.1) is 17.5 Å². The van der Waals surface area contributed by atoms with E-state index < -0.39 is 41.9 Å². The molecule has 0 aliphatic rings. The van der Waals surface area contributed by atoms with Crippen LogP contribution in [0.25, 0.3) is 0 Å². The Kier molecular flexibility index (Phi) is 11.2. The number of carbonyl (C=O) groups is 6. The minimum Gasteiger partial charge on any atom is -0.478 e. The Balaban J connectivity index is 1.45. The third kappa shape index (κ3) is 9.59. The number of carboxylic acid groups (broad SMARTS) is 1. The van der Waals surface area contributed by atoms with Crippen molar-refractivity contribution < 1.29 is 43.3 Å². The fourth-order valence-electron chi connectivity index (χ4n) is 4.19. The number of carboxylic acids is 1. The van der Waals surface area contributed by atoms with E-state index in [1.807, 2.05) is 35.8 Å². The van der Waals surface area contributed by atoms with Gasteiger partial charge in [-0.2, -0.15) is 0 Å². The van der Waals surface area contributed by atoms with E-state index in [2.05, 4.69) is 10.7 Å². The van der Waals surface area contributed by atoms with Crippen LogP contribution in [0, 0.1) is 13.8 Å². The first-order valence-electron chi connectivity index (χ1n) is 14.3. The Morgan fingerprint density at radius 1 is 0.617 bits per heavy atom. The van der Waals surface area contributed by atoms with E-state index in [-0.39, 0.29) is 29.0 Å². The standard InChI is InChI=1S/C35H31N3O9/c1-21-8-12-25(13-9-21)34(44)46-29(30(33(42)43)47-35(45)26-14-10-22(2)11-15-26)32(41)38-37-31(40)24-16-18-27(19-17-24)36-28(39)20-23-6-4-3-5-7-23/h3-19,29-30H,20H2,1-2H3,(H,36,39)(H,37,40)(H,38,41)(H,42,43)/t29-,30-/m1/s1. The summed E-state index contributed by atoms with van der Waals surface area (Å²) >= 11 is 0. The van der Waals surface area contributed by atoms with Gasteiger partial charge in [-0.25, -0.2) is 14.4 Å². The number of aryl methyl sites for hydroxylation is 2. The molecule has 47 heavy (non-hydrogen) atoms. The Morgan fingerprint density at radius 2 is 1.11 bits per heavy atom. The number of ether oxygens (including phenoxy) is 2. The smallest absolute Gasteiger partial charge is 0.349 e. The highest BCUT2D eigenvalue weighted by molar-refractivity contribution is 5.99. The fourth-order valence-corrected chi connectivity index (χ4v) is 4.19. The summed E-state index contributed by atoms with van der Waals surface area (Å²) < 4.78 is 10.4. The Bertz CT molecular complexity index is 1760. The molecule has 4 aromatic rings. The molecule has 0 spiro atoms. The number of amides is 3. The largest absolute Gasteiger partial charge is 0.478 e. The van der Waals surface area contributed by atoms with Crippen LogP contribution in [0.3, 0.4) is 0 Å². The van der Waals surface area contributed by atoms with E-state index in [1.54, 1.807) is 38.1 Å². The van der Waals surface area contributed by atoms with E-state index in [9.17, 15) is 33.9 Å². The molecule has 0 unspecified atom stereocenters. The summed E-state index contributed by atoms with van der Waals surface area (Å²) in [6.07, 6.45) is -4.34. The lowest BCUT2D eigenvalue weighted by Crippen LogP contribution is -2.54. The predicted octanol–water partition coefficient (Wildman–Crippen LogP) is 3.78. The van der Waals surface area contributed by atoms with Crippen molar-refractivity contribution in [3.63, 3.8) is 0 Å². The normalized spacial score (nSPS) is 11.7. The lowest BCUT2D eigenvalue weighted by atomic mass is 10.1. The van der Waals surface area contributed by atoms with Crippen molar-refractivity contribution in [1.29, 1.82) is 0 Å². The molecule has 0 radical (unpaired) electrons. The number of nitrogens with one attached hydrogen (secondary N) is 3. The Morgan fingerprint density at radius 3 is 1.62 bits per heavy atom. The van der Waals surface area contributed by atoms with Crippen LogP contribution in [0.2, 0.25) is 0 Å². The molecule has 0 heterocycles. The van der Waals surface area contributed by atoms with E-state index in [4.69, 9.17) is 9.47 Å². The van der Waals surface area contributed by atoms with Gasteiger partial charge in [0.1, 0.15) is 0 Å². The van der Waals surface area contributed by atoms with Crippen LogP contribution in [-0.2, 0) is 30.3 Å². The molecular formula is C35H31N3O9. The van der Waals surface area contributed by atoms with Gasteiger partial charge in [-0.3, -0.25) is 25.2 Å². The van der Waals surface area contributed by atoms with Crippen molar-refractivity contribution >= 4 is 41.3 Å². The first kappa shape index (κ1) is 33.6. The third-order valence-corrected chi connectivity index (χ3v) is 6.76. The highest BCUT2D eigenvalue weighted by Gasteiger charge is 2.41. The van der Waals surface area contributed by atoms with Gasteiger partial charge in [-0.05, 0) is 67.9 Å². The molecule has 0 fully saturated rings. The molecule has 12 heteroatoms. The molecule has 4 N–H and O–H groups in total. The van der Waals surface area contributed by atoms with Gasteiger partial charge in [0.2, 0.25) is 18.1 Å². The summed E-state index contributed by atoms with van der Waals surface area (Å²) in [6, 6.07) is 26.9. The number of hydrazine groups is 1. The van der Waals surface area contributed by atoms with Crippen LogP contribution in [0.5, 0.6) is 0 Å². The highest BCUT2D eigenvalue weighted by Crippen LogP contribution is 2.15. The van der Waals surface area contributed by atoms with Crippen LogP contribution in [0.1, 0.15) is 47.8 Å².